The maximum Gasteiger partial charge on any atom is 0.156 e. The number of aromatic nitrogens is 2. The summed E-state index contributed by atoms with van der Waals surface area (Å²) in [5.74, 6) is 0.154. The Morgan fingerprint density at radius 3 is 2.84 bits per heavy atom. The van der Waals surface area contributed by atoms with Gasteiger partial charge in [0, 0.05) is 13.5 Å². The Morgan fingerprint density at radius 1 is 1.47 bits per heavy atom. The van der Waals surface area contributed by atoms with Gasteiger partial charge in [0.05, 0.1) is 30.1 Å². The van der Waals surface area contributed by atoms with E-state index in [0.29, 0.717) is 24.6 Å². The van der Waals surface area contributed by atoms with Crippen LogP contribution in [0.15, 0.2) is 12.3 Å². The van der Waals surface area contributed by atoms with Crippen LogP contribution in [0.2, 0.25) is 5.02 Å². The van der Waals surface area contributed by atoms with E-state index in [1.165, 1.54) is 0 Å². The number of ketones is 1. The molecule has 104 valence electrons. The molecule has 0 N–H and O–H groups in total. The first-order valence-electron chi connectivity index (χ1n) is 6.37. The molecular formula is C14H19ClN2O2. The van der Waals surface area contributed by atoms with Crippen LogP contribution < -0.4 is 0 Å². The van der Waals surface area contributed by atoms with Crippen molar-refractivity contribution in [3.63, 3.8) is 0 Å². The molecule has 1 aliphatic carbocycles. The Balaban J connectivity index is 2.35. The minimum Gasteiger partial charge on any atom is -0.383 e. The summed E-state index contributed by atoms with van der Waals surface area (Å²) >= 11 is 6.22. The van der Waals surface area contributed by atoms with E-state index in [4.69, 9.17) is 16.3 Å². The fourth-order valence-electron chi connectivity index (χ4n) is 2.53. The highest BCUT2D eigenvalue weighted by atomic mass is 35.5. The zero-order valence-corrected chi connectivity index (χ0v) is 12.3. The van der Waals surface area contributed by atoms with Crippen molar-refractivity contribution in [2.24, 2.45) is 5.41 Å². The molecule has 1 aromatic heterocycles. The third-order valence-corrected chi connectivity index (χ3v) is 3.54. The molecule has 0 aromatic carbocycles. The summed E-state index contributed by atoms with van der Waals surface area (Å²) in [5, 5.41) is 4.84. The molecule has 1 aromatic rings. The van der Waals surface area contributed by atoms with E-state index < -0.39 is 0 Å². The van der Waals surface area contributed by atoms with Crippen molar-refractivity contribution in [2.45, 2.75) is 33.2 Å². The monoisotopic (exact) mass is 282 g/mol. The Labute approximate surface area is 118 Å². The van der Waals surface area contributed by atoms with E-state index >= 15 is 0 Å². The highest BCUT2D eigenvalue weighted by molar-refractivity contribution is 6.32. The molecule has 0 radical (unpaired) electrons. The molecule has 1 heterocycles. The van der Waals surface area contributed by atoms with E-state index in [2.05, 4.69) is 18.9 Å². The fraction of sp³-hybridized carbons (Fsp3) is 0.571. The van der Waals surface area contributed by atoms with Gasteiger partial charge in [-0.15, -0.1) is 0 Å². The first-order valence-corrected chi connectivity index (χ1v) is 6.75. The van der Waals surface area contributed by atoms with Crippen LogP contribution in [0.5, 0.6) is 0 Å². The fourth-order valence-corrected chi connectivity index (χ4v) is 2.79. The molecule has 2 rings (SSSR count). The standard InChI is InChI=1S/C14H19ClN2O2/c1-14(2)7-10(6-11(18)8-14)13-12(15)9-16-17(13)4-5-19-3/h6,9H,4-5,7-8H2,1-3H3. The molecule has 1 aliphatic rings. The molecule has 5 heteroatoms. The average Bonchev–Trinajstić information content (AvgIpc) is 2.65. The van der Waals surface area contributed by atoms with Crippen molar-refractivity contribution >= 4 is 23.0 Å². The van der Waals surface area contributed by atoms with Crippen LogP contribution in [0.3, 0.4) is 0 Å². The van der Waals surface area contributed by atoms with Gasteiger partial charge in [0.2, 0.25) is 0 Å². The van der Waals surface area contributed by atoms with Gasteiger partial charge in [0.25, 0.3) is 0 Å². The lowest BCUT2D eigenvalue weighted by molar-refractivity contribution is -0.116. The van der Waals surface area contributed by atoms with Crippen LogP contribution in [0, 0.1) is 5.41 Å². The van der Waals surface area contributed by atoms with Gasteiger partial charge in [0.1, 0.15) is 0 Å². The van der Waals surface area contributed by atoms with Crippen LogP contribution >= 0.6 is 11.6 Å². The first kappa shape index (κ1) is 14.3. The third-order valence-electron chi connectivity index (χ3n) is 3.26. The molecule has 0 saturated carbocycles. The molecule has 0 bridgehead atoms. The van der Waals surface area contributed by atoms with E-state index in [1.807, 2.05) is 4.68 Å². The number of hydrogen-bond donors (Lipinski definition) is 0. The van der Waals surface area contributed by atoms with Crippen molar-refractivity contribution in [1.82, 2.24) is 9.78 Å². The molecule has 0 amide bonds. The number of nitrogens with zero attached hydrogens (tertiary/aromatic N) is 2. The number of ether oxygens (including phenoxy) is 1. The predicted octanol–water partition coefficient (Wildman–Crippen LogP) is 2.96. The van der Waals surface area contributed by atoms with Gasteiger partial charge < -0.3 is 4.74 Å². The zero-order valence-electron chi connectivity index (χ0n) is 11.6. The van der Waals surface area contributed by atoms with Gasteiger partial charge in [-0.2, -0.15) is 5.10 Å². The Kier molecular flexibility index (Phi) is 4.11. The van der Waals surface area contributed by atoms with Gasteiger partial charge >= 0.3 is 0 Å². The molecule has 4 nitrogen and oxygen atoms in total. The van der Waals surface area contributed by atoms with E-state index in [-0.39, 0.29) is 11.2 Å². The van der Waals surface area contributed by atoms with Crippen LogP contribution in [-0.2, 0) is 16.1 Å². The minimum absolute atomic E-state index is 0.0269. The second-order valence-electron chi connectivity index (χ2n) is 5.71. The van der Waals surface area contributed by atoms with Gasteiger partial charge in [-0.05, 0) is 23.5 Å². The van der Waals surface area contributed by atoms with Crippen molar-refractivity contribution in [1.29, 1.82) is 0 Å². The molecule has 0 unspecified atom stereocenters. The number of allylic oxidation sites excluding steroid dienone is 2. The number of carbonyl (C=O) groups excluding carboxylic acids is 1. The smallest absolute Gasteiger partial charge is 0.156 e. The second-order valence-corrected chi connectivity index (χ2v) is 6.12. The maximum absolute atomic E-state index is 11.8. The minimum atomic E-state index is -0.0269. The summed E-state index contributed by atoms with van der Waals surface area (Å²) < 4.78 is 6.88. The van der Waals surface area contributed by atoms with Crippen LogP contribution in [0.1, 0.15) is 32.4 Å². The number of carbonyl (C=O) groups is 1. The van der Waals surface area contributed by atoms with E-state index in [0.717, 1.165) is 17.7 Å². The number of rotatable bonds is 4. The third kappa shape index (κ3) is 3.25. The average molecular weight is 283 g/mol. The Hall–Kier alpha value is -1.13. The Morgan fingerprint density at radius 2 is 2.21 bits per heavy atom. The van der Waals surface area contributed by atoms with Crippen LogP contribution in [0.25, 0.3) is 5.57 Å². The van der Waals surface area contributed by atoms with Crippen LogP contribution in [0.4, 0.5) is 0 Å². The largest absolute Gasteiger partial charge is 0.383 e. The molecule has 0 aliphatic heterocycles. The zero-order chi connectivity index (χ0) is 14.0. The van der Waals surface area contributed by atoms with Crippen molar-refractivity contribution in [2.75, 3.05) is 13.7 Å². The van der Waals surface area contributed by atoms with E-state index in [9.17, 15) is 4.79 Å². The van der Waals surface area contributed by atoms with Crippen molar-refractivity contribution in [3.05, 3.63) is 23.0 Å². The lowest BCUT2D eigenvalue weighted by Crippen LogP contribution is -2.22. The normalized spacial score (nSPS) is 18.5. The molecule has 0 atom stereocenters. The van der Waals surface area contributed by atoms with E-state index in [1.54, 1.807) is 19.4 Å². The summed E-state index contributed by atoms with van der Waals surface area (Å²) in [6.45, 7) is 5.39. The van der Waals surface area contributed by atoms with Gasteiger partial charge in [-0.1, -0.05) is 25.4 Å². The molecular weight excluding hydrogens is 264 g/mol. The van der Waals surface area contributed by atoms with Crippen LogP contribution in [-0.4, -0.2) is 29.3 Å². The molecule has 0 spiro atoms. The number of halogens is 1. The highest BCUT2D eigenvalue weighted by Gasteiger charge is 2.30. The summed E-state index contributed by atoms with van der Waals surface area (Å²) in [6, 6.07) is 0. The highest BCUT2D eigenvalue weighted by Crippen LogP contribution is 2.39. The number of hydrogen-bond acceptors (Lipinski definition) is 3. The van der Waals surface area contributed by atoms with Crippen molar-refractivity contribution in [3.8, 4) is 0 Å². The Bertz CT molecular complexity index is 518. The first-order chi connectivity index (χ1) is 8.93. The van der Waals surface area contributed by atoms with Gasteiger partial charge in [0.15, 0.2) is 5.78 Å². The molecule has 19 heavy (non-hydrogen) atoms. The molecule has 0 saturated heterocycles. The van der Waals surface area contributed by atoms with Gasteiger partial charge in [-0.25, -0.2) is 0 Å². The molecule has 0 fully saturated rings. The summed E-state index contributed by atoms with van der Waals surface area (Å²) in [6.07, 6.45) is 4.74. The van der Waals surface area contributed by atoms with Crippen molar-refractivity contribution < 1.29 is 9.53 Å². The predicted molar refractivity (Wildman–Crippen MR) is 75.1 cm³/mol. The topological polar surface area (TPSA) is 44.1 Å². The number of methoxy groups -OCH3 is 1. The lowest BCUT2D eigenvalue weighted by atomic mass is 9.76. The second kappa shape index (κ2) is 5.47. The lowest BCUT2D eigenvalue weighted by Gasteiger charge is -2.29. The summed E-state index contributed by atoms with van der Waals surface area (Å²) in [7, 11) is 1.65. The maximum atomic E-state index is 11.8. The summed E-state index contributed by atoms with van der Waals surface area (Å²) in [4.78, 5) is 11.8. The SMILES string of the molecule is COCCn1ncc(Cl)c1C1=CC(=O)CC(C)(C)C1. The van der Waals surface area contributed by atoms with Gasteiger partial charge in [-0.3, -0.25) is 9.48 Å². The summed E-state index contributed by atoms with van der Waals surface area (Å²) in [5.41, 5.74) is 1.79. The quantitative estimate of drug-likeness (QED) is 0.853.